The van der Waals surface area contributed by atoms with E-state index in [1.807, 2.05) is 25.1 Å². The monoisotopic (exact) mass is 308 g/mol. The van der Waals surface area contributed by atoms with Crippen LogP contribution in [0, 0.1) is 6.92 Å². The van der Waals surface area contributed by atoms with Crippen molar-refractivity contribution in [3.8, 4) is 5.75 Å². The Balaban J connectivity index is 2.20. The highest BCUT2D eigenvalue weighted by molar-refractivity contribution is 7.80. The smallest absolute Gasteiger partial charge is 0.387 e. The molecule has 6 heteroatoms. The zero-order valence-electron chi connectivity index (χ0n) is 11.3. The number of ether oxygens (including phenoxy) is 1. The summed E-state index contributed by atoms with van der Waals surface area (Å²) < 4.78 is 28.5. The molecule has 0 atom stereocenters. The van der Waals surface area contributed by atoms with Gasteiger partial charge < -0.3 is 15.8 Å². The van der Waals surface area contributed by atoms with E-state index in [0.717, 1.165) is 22.5 Å². The summed E-state index contributed by atoms with van der Waals surface area (Å²) in [7, 11) is 0. The third-order valence-corrected chi connectivity index (χ3v) is 3.02. The molecule has 3 nitrogen and oxygen atoms in total. The summed E-state index contributed by atoms with van der Waals surface area (Å²) in [6.45, 7) is -0.885. The van der Waals surface area contributed by atoms with Gasteiger partial charge in [-0.1, -0.05) is 23.8 Å². The van der Waals surface area contributed by atoms with Crippen LogP contribution < -0.4 is 15.8 Å². The van der Waals surface area contributed by atoms with Crippen LogP contribution in [-0.4, -0.2) is 11.6 Å². The third kappa shape index (κ3) is 4.13. The number of hydrogen-bond donors (Lipinski definition) is 2. The number of nitrogens with two attached hydrogens (primary N) is 1. The Hall–Kier alpha value is -2.21. The number of benzene rings is 2. The van der Waals surface area contributed by atoms with Crippen molar-refractivity contribution < 1.29 is 13.5 Å². The summed E-state index contributed by atoms with van der Waals surface area (Å²) in [5.41, 5.74) is 8.96. The van der Waals surface area contributed by atoms with Gasteiger partial charge in [0.2, 0.25) is 0 Å². The fraction of sp³-hybridized carbons (Fsp3) is 0.133. The van der Waals surface area contributed by atoms with Crippen molar-refractivity contribution in [2.24, 2.45) is 5.73 Å². The largest absolute Gasteiger partial charge is 0.435 e. The highest BCUT2D eigenvalue weighted by Gasteiger charge is 2.07. The summed E-state index contributed by atoms with van der Waals surface area (Å²) in [4.78, 5) is 0.291. The minimum absolute atomic E-state index is 0.106. The number of anilines is 2. The first-order valence-corrected chi connectivity index (χ1v) is 6.59. The number of hydrogen-bond acceptors (Lipinski definition) is 3. The molecule has 0 radical (unpaired) electrons. The standard InChI is InChI=1S/C15H14F2N2OS/c1-9-2-7-13(12(8-9)14(18)21)19-10-3-5-11(6-4-10)20-15(16)17/h2-8,15,19H,1H3,(H2,18,21). The molecule has 0 aromatic heterocycles. The van der Waals surface area contributed by atoms with E-state index in [4.69, 9.17) is 18.0 Å². The van der Waals surface area contributed by atoms with Gasteiger partial charge in [-0.15, -0.1) is 0 Å². The van der Waals surface area contributed by atoms with Crippen molar-refractivity contribution in [3.05, 3.63) is 53.6 Å². The molecule has 0 aliphatic rings. The van der Waals surface area contributed by atoms with Crippen LogP contribution in [0.3, 0.4) is 0 Å². The molecule has 0 fully saturated rings. The van der Waals surface area contributed by atoms with E-state index >= 15 is 0 Å². The third-order valence-electron chi connectivity index (χ3n) is 2.80. The molecular formula is C15H14F2N2OS. The first-order chi connectivity index (χ1) is 9.95. The lowest BCUT2D eigenvalue weighted by atomic mass is 10.1. The fourth-order valence-electron chi connectivity index (χ4n) is 1.85. The van der Waals surface area contributed by atoms with Gasteiger partial charge in [-0.2, -0.15) is 8.78 Å². The lowest BCUT2D eigenvalue weighted by Gasteiger charge is -2.12. The van der Waals surface area contributed by atoms with Crippen LogP contribution in [0.15, 0.2) is 42.5 Å². The highest BCUT2D eigenvalue weighted by atomic mass is 32.1. The average Bonchev–Trinajstić information content (AvgIpc) is 2.42. The maximum Gasteiger partial charge on any atom is 0.387 e. The molecule has 0 saturated heterocycles. The summed E-state index contributed by atoms with van der Waals surface area (Å²) in [6.07, 6.45) is 0. The Labute approximate surface area is 126 Å². The fourth-order valence-corrected chi connectivity index (χ4v) is 2.02. The highest BCUT2D eigenvalue weighted by Crippen LogP contribution is 2.24. The summed E-state index contributed by atoms with van der Waals surface area (Å²) >= 11 is 5.03. The predicted molar refractivity (Wildman–Crippen MR) is 83.4 cm³/mol. The van der Waals surface area contributed by atoms with E-state index in [2.05, 4.69) is 10.1 Å². The molecule has 21 heavy (non-hydrogen) atoms. The minimum Gasteiger partial charge on any atom is -0.435 e. The van der Waals surface area contributed by atoms with E-state index in [0.29, 0.717) is 4.99 Å². The van der Waals surface area contributed by atoms with Gasteiger partial charge >= 0.3 is 6.61 Å². The van der Waals surface area contributed by atoms with E-state index in [1.54, 1.807) is 12.1 Å². The average molecular weight is 308 g/mol. The Morgan fingerprint density at radius 1 is 1.19 bits per heavy atom. The Morgan fingerprint density at radius 2 is 1.86 bits per heavy atom. The van der Waals surface area contributed by atoms with Crippen molar-refractivity contribution >= 4 is 28.6 Å². The van der Waals surface area contributed by atoms with Crippen molar-refractivity contribution in [1.29, 1.82) is 0 Å². The molecule has 0 heterocycles. The number of alkyl halides is 2. The molecule has 0 aliphatic carbocycles. The maximum absolute atomic E-state index is 12.1. The number of halogens is 2. The zero-order chi connectivity index (χ0) is 15.4. The van der Waals surface area contributed by atoms with Crippen molar-refractivity contribution in [2.75, 3.05) is 5.32 Å². The molecular weight excluding hydrogens is 294 g/mol. The molecule has 0 spiro atoms. The number of rotatable bonds is 5. The first kappa shape index (κ1) is 15.2. The number of thiocarbonyl (C=S) groups is 1. The van der Waals surface area contributed by atoms with Gasteiger partial charge in [0.1, 0.15) is 10.7 Å². The van der Waals surface area contributed by atoms with Gasteiger partial charge in [0.05, 0.1) is 0 Å². The summed E-state index contributed by atoms with van der Waals surface area (Å²) in [6, 6.07) is 11.9. The molecule has 110 valence electrons. The van der Waals surface area contributed by atoms with E-state index in [-0.39, 0.29) is 5.75 Å². The lowest BCUT2D eigenvalue weighted by Crippen LogP contribution is -2.12. The van der Waals surface area contributed by atoms with Gasteiger partial charge in [0, 0.05) is 16.9 Å². The number of nitrogens with one attached hydrogen (secondary N) is 1. The van der Waals surface area contributed by atoms with Crippen molar-refractivity contribution in [2.45, 2.75) is 13.5 Å². The van der Waals surface area contributed by atoms with Crippen LogP contribution in [0.2, 0.25) is 0 Å². The van der Waals surface area contributed by atoms with Crippen LogP contribution in [0.25, 0.3) is 0 Å². The van der Waals surface area contributed by atoms with Gasteiger partial charge in [-0.3, -0.25) is 0 Å². The van der Waals surface area contributed by atoms with Crippen LogP contribution in [0.1, 0.15) is 11.1 Å². The molecule has 3 N–H and O–H groups in total. The SMILES string of the molecule is Cc1ccc(Nc2ccc(OC(F)F)cc2)c(C(N)=S)c1. The Morgan fingerprint density at radius 3 is 2.43 bits per heavy atom. The van der Waals surface area contributed by atoms with E-state index in [1.165, 1.54) is 12.1 Å². The Bertz CT molecular complexity index is 645. The van der Waals surface area contributed by atoms with Gasteiger partial charge in [0.15, 0.2) is 0 Å². The molecule has 0 amide bonds. The van der Waals surface area contributed by atoms with Crippen molar-refractivity contribution in [1.82, 2.24) is 0 Å². The molecule has 0 saturated carbocycles. The maximum atomic E-state index is 12.1. The second kappa shape index (κ2) is 6.49. The molecule has 0 aliphatic heterocycles. The molecule has 2 aromatic carbocycles. The zero-order valence-corrected chi connectivity index (χ0v) is 12.1. The molecule has 2 rings (SSSR count). The molecule has 0 unspecified atom stereocenters. The van der Waals surface area contributed by atoms with Crippen LogP contribution in [0.5, 0.6) is 5.75 Å². The van der Waals surface area contributed by atoms with E-state index < -0.39 is 6.61 Å². The van der Waals surface area contributed by atoms with Crippen LogP contribution >= 0.6 is 12.2 Å². The summed E-state index contributed by atoms with van der Waals surface area (Å²) in [5.74, 6) is 0.106. The minimum atomic E-state index is -2.83. The van der Waals surface area contributed by atoms with Crippen molar-refractivity contribution in [3.63, 3.8) is 0 Å². The van der Waals surface area contributed by atoms with Gasteiger partial charge in [0.25, 0.3) is 0 Å². The second-order valence-corrected chi connectivity index (χ2v) is 4.88. The van der Waals surface area contributed by atoms with Crippen LogP contribution in [-0.2, 0) is 0 Å². The quantitative estimate of drug-likeness (QED) is 0.820. The van der Waals surface area contributed by atoms with Crippen LogP contribution in [0.4, 0.5) is 20.2 Å². The normalized spacial score (nSPS) is 10.5. The topological polar surface area (TPSA) is 47.3 Å². The first-order valence-electron chi connectivity index (χ1n) is 6.18. The van der Waals surface area contributed by atoms with Gasteiger partial charge in [-0.25, -0.2) is 0 Å². The van der Waals surface area contributed by atoms with E-state index in [9.17, 15) is 8.78 Å². The number of aryl methyl sites for hydroxylation is 1. The summed E-state index contributed by atoms with van der Waals surface area (Å²) in [5, 5.41) is 3.15. The predicted octanol–water partition coefficient (Wildman–Crippen LogP) is 3.97. The second-order valence-electron chi connectivity index (χ2n) is 4.44. The lowest BCUT2D eigenvalue weighted by molar-refractivity contribution is -0.0498. The molecule has 0 bridgehead atoms. The van der Waals surface area contributed by atoms with Gasteiger partial charge in [-0.05, 0) is 43.3 Å². The molecule has 2 aromatic rings. The Kier molecular flexibility index (Phi) is 4.70.